The third-order valence-corrected chi connectivity index (χ3v) is 10.7. The first-order chi connectivity index (χ1) is 26.7. The van der Waals surface area contributed by atoms with Gasteiger partial charge in [-0.3, -0.25) is 9.42 Å². The molecular weight excluding hydrogens is 725 g/mol. The van der Waals surface area contributed by atoms with Gasteiger partial charge in [-0.2, -0.15) is 10.4 Å². The monoisotopic (exact) mass is 785 g/mol. The molecule has 14 nitrogen and oxygen atoms in total. The largest absolute Gasteiger partial charge is 0.527 e. The molecule has 0 spiro atoms. The average Bonchev–Trinajstić information content (AvgIpc) is 3.74. The summed E-state index contributed by atoms with van der Waals surface area (Å²) in [5.41, 5.74) is 5.12. The molecule has 1 fully saturated rings. The minimum absolute atomic E-state index is 0.0531. The molecule has 5 atom stereocenters. The molecular formula is C40H60N5O9P. The van der Waals surface area contributed by atoms with E-state index in [-0.39, 0.29) is 24.7 Å². The van der Waals surface area contributed by atoms with Crippen LogP contribution in [0.25, 0.3) is 5.52 Å². The van der Waals surface area contributed by atoms with Gasteiger partial charge in [-0.25, -0.2) is 14.1 Å². The third-order valence-electron chi connectivity index (χ3n) is 9.81. The number of hydrogen-bond donors (Lipinski definition) is 4. The summed E-state index contributed by atoms with van der Waals surface area (Å²) in [6, 6.07) is 14.5. The van der Waals surface area contributed by atoms with Crippen molar-refractivity contribution in [2.24, 2.45) is 0 Å². The maximum atomic E-state index is 12.9. The number of benzene rings is 1. The lowest BCUT2D eigenvalue weighted by atomic mass is 9.93. The average molecular weight is 786 g/mol. The number of unbranched alkanes of at least 4 members (excludes halogenated alkanes) is 15. The minimum atomic E-state index is -4.78. The van der Waals surface area contributed by atoms with Crippen molar-refractivity contribution in [1.29, 1.82) is 5.26 Å². The van der Waals surface area contributed by atoms with Crippen LogP contribution in [-0.2, 0) is 40.0 Å². The van der Waals surface area contributed by atoms with E-state index in [1.54, 1.807) is 0 Å². The molecule has 0 saturated carbocycles. The molecule has 2 aromatic heterocycles. The number of fused-ring (bicyclic) bond motifs is 1. The van der Waals surface area contributed by atoms with Crippen LogP contribution in [0.3, 0.4) is 0 Å². The number of phosphoric acid groups is 1. The van der Waals surface area contributed by atoms with Gasteiger partial charge in [-0.05, 0) is 24.1 Å². The Kier molecular flexibility index (Phi) is 18.9. The highest BCUT2D eigenvalue weighted by atomic mass is 31.2. The first kappa shape index (κ1) is 44.2. The van der Waals surface area contributed by atoms with Crippen LogP contribution in [0.15, 0.2) is 60.8 Å². The van der Waals surface area contributed by atoms with E-state index in [1.165, 1.54) is 106 Å². The molecule has 3 heterocycles. The van der Waals surface area contributed by atoms with Gasteiger partial charge in [0.25, 0.3) is 5.60 Å². The number of nitrogen functional groups attached to an aromatic ring is 1. The van der Waals surface area contributed by atoms with Crippen molar-refractivity contribution in [3.8, 4) is 6.07 Å². The van der Waals surface area contributed by atoms with Crippen LogP contribution in [0.4, 0.5) is 5.82 Å². The van der Waals surface area contributed by atoms with Gasteiger partial charge >= 0.3 is 7.82 Å². The Morgan fingerprint density at radius 2 is 1.56 bits per heavy atom. The second-order valence-corrected chi connectivity index (χ2v) is 15.6. The van der Waals surface area contributed by atoms with Crippen molar-refractivity contribution < 1.29 is 42.9 Å². The summed E-state index contributed by atoms with van der Waals surface area (Å²) in [4.78, 5) is 14.4. The number of phosphoric ester groups is 1. The molecule has 1 unspecified atom stereocenters. The van der Waals surface area contributed by atoms with Gasteiger partial charge in [0.1, 0.15) is 48.2 Å². The molecule has 55 heavy (non-hydrogen) atoms. The Morgan fingerprint density at radius 1 is 0.945 bits per heavy atom. The minimum Gasteiger partial charge on any atom is -0.462 e. The highest BCUT2D eigenvalue weighted by Gasteiger charge is 2.57. The Morgan fingerprint density at radius 3 is 2.18 bits per heavy atom. The SMILES string of the molecule is CCCCCCCCCCCCCCCCCCO[C@H](COCc1ccccc1)COP(=O)(O)O/C=C1/O[C@@](C#N)(c2ccc3c(N)ncnn23)[C@H](O)[C@@H]1O. The van der Waals surface area contributed by atoms with Crippen molar-refractivity contribution in [1.82, 2.24) is 14.6 Å². The van der Waals surface area contributed by atoms with Crippen LogP contribution in [0.5, 0.6) is 0 Å². The summed E-state index contributed by atoms with van der Waals surface area (Å²) in [6.07, 6.45) is 17.8. The highest BCUT2D eigenvalue weighted by Crippen LogP contribution is 2.47. The molecule has 0 radical (unpaired) electrons. The molecule has 304 valence electrons. The van der Waals surface area contributed by atoms with Crippen LogP contribution < -0.4 is 5.73 Å². The zero-order valence-electron chi connectivity index (χ0n) is 32.2. The lowest BCUT2D eigenvalue weighted by Gasteiger charge is -2.23. The van der Waals surface area contributed by atoms with E-state index in [2.05, 4.69) is 17.0 Å². The Labute approximate surface area is 325 Å². The molecule has 1 saturated heterocycles. The third kappa shape index (κ3) is 13.9. The first-order valence-electron chi connectivity index (χ1n) is 19.8. The van der Waals surface area contributed by atoms with Gasteiger partial charge in [0, 0.05) is 6.61 Å². The Hall–Kier alpha value is -3.54. The highest BCUT2D eigenvalue weighted by molar-refractivity contribution is 7.47. The smallest absolute Gasteiger partial charge is 0.462 e. The van der Waals surface area contributed by atoms with E-state index in [0.29, 0.717) is 25.0 Å². The maximum absolute atomic E-state index is 12.9. The number of nitriles is 1. The molecule has 3 aromatic rings. The topological polar surface area (TPSA) is 204 Å². The van der Waals surface area contributed by atoms with Gasteiger partial charge in [0.2, 0.25) is 0 Å². The van der Waals surface area contributed by atoms with Crippen LogP contribution in [0.2, 0.25) is 0 Å². The van der Waals surface area contributed by atoms with Crippen LogP contribution >= 0.6 is 7.82 Å². The summed E-state index contributed by atoms with van der Waals surface area (Å²) in [5, 5.41) is 35.8. The fraction of sp³-hybridized carbons (Fsp3) is 0.625. The molecule has 0 aliphatic carbocycles. The number of hydrogen-bond acceptors (Lipinski definition) is 12. The second kappa shape index (κ2) is 23.5. The fourth-order valence-corrected chi connectivity index (χ4v) is 7.27. The standard InChI is InChI=1S/C40H60N5O9P/c1-2-3-4-5-6-7-8-9-10-11-12-13-14-15-16-20-25-51-33(27-50-26-32-21-18-17-19-22-32)28-52-55(48,49)53-29-35-37(46)38(47)40(30-41,54-35)36-24-23-34-39(42)43-31-44-45(34)36/h17-19,21-24,29,31,33,37-38,46-47H,2-16,20,25-28H2,1H3,(H,48,49)(H2,42,43,44)/b35-29+/t33-,37-,38-,40+/m1/s1. The number of aromatic nitrogens is 3. The van der Waals surface area contributed by atoms with E-state index in [9.17, 15) is 24.9 Å². The number of aliphatic hydroxyl groups is 2. The van der Waals surface area contributed by atoms with E-state index >= 15 is 0 Å². The predicted molar refractivity (Wildman–Crippen MR) is 208 cm³/mol. The maximum Gasteiger partial charge on any atom is 0.527 e. The zero-order chi connectivity index (χ0) is 39.4. The molecule has 4 rings (SSSR count). The number of anilines is 1. The number of nitrogens with two attached hydrogens (primary N) is 1. The van der Waals surface area contributed by atoms with Crippen LogP contribution in [-0.4, -0.2) is 67.8 Å². The van der Waals surface area contributed by atoms with Crippen molar-refractivity contribution in [2.75, 3.05) is 25.6 Å². The van der Waals surface area contributed by atoms with Crippen molar-refractivity contribution in [3.63, 3.8) is 0 Å². The molecule has 1 aliphatic heterocycles. The Bertz CT molecular complexity index is 1670. The van der Waals surface area contributed by atoms with Crippen molar-refractivity contribution >= 4 is 19.2 Å². The molecule has 0 amide bonds. The Balaban J connectivity index is 1.20. The summed E-state index contributed by atoms with van der Waals surface area (Å²) in [6.45, 7) is 2.80. The van der Waals surface area contributed by atoms with Crippen molar-refractivity contribution in [2.45, 2.75) is 140 Å². The fourth-order valence-electron chi connectivity index (χ4n) is 6.62. The normalized spacial score (nSPS) is 20.7. The summed E-state index contributed by atoms with van der Waals surface area (Å²) < 4.78 is 42.0. The predicted octanol–water partition coefficient (Wildman–Crippen LogP) is 7.62. The first-order valence-corrected chi connectivity index (χ1v) is 21.3. The van der Waals surface area contributed by atoms with E-state index in [0.717, 1.165) is 24.8 Å². The number of rotatable bonds is 28. The van der Waals surface area contributed by atoms with E-state index in [4.69, 9.17) is 29.0 Å². The number of ether oxygens (including phenoxy) is 3. The van der Waals surface area contributed by atoms with E-state index in [1.807, 2.05) is 36.4 Å². The van der Waals surface area contributed by atoms with Gasteiger partial charge < -0.3 is 34.7 Å². The summed E-state index contributed by atoms with van der Waals surface area (Å²) in [5.74, 6) is -0.344. The second-order valence-electron chi connectivity index (χ2n) is 14.2. The quantitative estimate of drug-likeness (QED) is 0.0318. The van der Waals surface area contributed by atoms with Gasteiger partial charge in [-0.15, -0.1) is 0 Å². The number of aliphatic hydroxyl groups excluding tert-OH is 2. The van der Waals surface area contributed by atoms with Gasteiger partial charge in [-0.1, -0.05) is 134 Å². The molecule has 0 bridgehead atoms. The van der Waals surface area contributed by atoms with E-state index < -0.39 is 37.5 Å². The molecule has 1 aromatic carbocycles. The van der Waals surface area contributed by atoms with Gasteiger partial charge in [0.15, 0.2) is 11.6 Å². The van der Waals surface area contributed by atoms with Crippen molar-refractivity contribution in [3.05, 3.63) is 72.1 Å². The van der Waals surface area contributed by atoms with Gasteiger partial charge in [0.05, 0.1) is 19.8 Å². The lowest BCUT2D eigenvalue weighted by molar-refractivity contribution is -0.0468. The zero-order valence-corrected chi connectivity index (χ0v) is 33.1. The lowest BCUT2D eigenvalue weighted by Crippen LogP contribution is -2.40. The van der Waals surface area contributed by atoms with Crippen LogP contribution in [0, 0.1) is 11.3 Å². The van der Waals surface area contributed by atoms with Crippen LogP contribution in [0.1, 0.15) is 121 Å². The molecule has 15 heteroatoms. The summed E-state index contributed by atoms with van der Waals surface area (Å²) >= 11 is 0. The number of nitrogens with zero attached hydrogens (tertiary/aromatic N) is 4. The summed E-state index contributed by atoms with van der Waals surface area (Å²) in [7, 11) is -4.78. The molecule has 5 N–H and O–H groups in total. The molecule has 1 aliphatic rings.